The molecule has 2 aromatic rings. The van der Waals surface area contributed by atoms with E-state index >= 15 is 0 Å². The molecule has 0 aliphatic carbocycles. The second-order valence-corrected chi connectivity index (χ2v) is 4.83. The number of aromatic amines is 1. The fraction of sp³-hybridized carbons (Fsp3) is 0.286. The summed E-state index contributed by atoms with van der Waals surface area (Å²) in [6.07, 6.45) is -1.02. The lowest BCUT2D eigenvalue weighted by molar-refractivity contribution is -0.154. The highest BCUT2D eigenvalue weighted by atomic mass is 19.1. The van der Waals surface area contributed by atoms with Gasteiger partial charge in [0.1, 0.15) is 11.5 Å². The van der Waals surface area contributed by atoms with Crippen molar-refractivity contribution >= 4 is 22.8 Å². The third kappa shape index (κ3) is 2.47. The zero-order valence-electron chi connectivity index (χ0n) is 11.0. The van der Waals surface area contributed by atoms with Crippen LogP contribution in [-0.4, -0.2) is 52.7 Å². The van der Waals surface area contributed by atoms with Crippen molar-refractivity contribution in [3.05, 3.63) is 35.8 Å². The Morgan fingerprint density at radius 2 is 2.24 bits per heavy atom. The van der Waals surface area contributed by atoms with Crippen LogP contribution in [0, 0.1) is 5.82 Å². The lowest BCUT2D eigenvalue weighted by atomic mass is 10.2. The highest BCUT2D eigenvalue weighted by Gasteiger charge is 2.30. The zero-order chi connectivity index (χ0) is 15.0. The number of nitrogens with one attached hydrogen (secondary N) is 1. The molecule has 3 rings (SSSR count). The Morgan fingerprint density at radius 3 is 2.95 bits per heavy atom. The minimum atomic E-state index is -1.10. The topological polar surface area (TPSA) is 82.6 Å². The van der Waals surface area contributed by atoms with Gasteiger partial charge in [0.2, 0.25) is 0 Å². The van der Waals surface area contributed by atoms with Crippen LogP contribution in [0.2, 0.25) is 0 Å². The van der Waals surface area contributed by atoms with Gasteiger partial charge in [-0.05, 0) is 18.2 Å². The third-order valence-corrected chi connectivity index (χ3v) is 3.47. The predicted octanol–water partition coefficient (Wildman–Crippen LogP) is 1.23. The van der Waals surface area contributed by atoms with E-state index in [1.807, 2.05) is 0 Å². The van der Waals surface area contributed by atoms with E-state index in [2.05, 4.69) is 4.98 Å². The van der Waals surface area contributed by atoms with Crippen LogP contribution in [0.15, 0.2) is 24.3 Å². The quantitative estimate of drug-likeness (QED) is 0.872. The van der Waals surface area contributed by atoms with E-state index in [0.29, 0.717) is 17.4 Å². The molecule has 1 aromatic heterocycles. The number of fused-ring (bicyclic) bond motifs is 1. The Bertz CT molecular complexity index is 712. The number of nitrogens with zero attached hydrogens (tertiary/aromatic N) is 1. The first-order valence-electron chi connectivity index (χ1n) is 6.47. The van der Waals surface area contributed by atoms with Gasteiger partial charge in [0.05, 0.1) is 13.2 Å². The largest absolute Gasteiger partial charge is 0.479 e. The monoisotopic (exact) mass is 292 g/mol. The smallest absolute Gasteiger partial charge is 0.334 e. The van der Waals surface area contributed by atoms with Gasteiger partial charge in [0, 0.05) is 17.4 Å². The van der Waals surface area contributed by atoms with Crippen molar-refractivity contribution in [2.45, 2.75) is 6.10 Å². The summed E-state index contributed by atoms with van der Waals surface area (Å²) >= 11 is 0. The number of rotatable bonds is 2. The minimum Gasteiger partial charge on any atom is -0.479 e. The van der Waals surface area contributed by atoms with Gasteiger partial charge in [-0.2, -0.15) is 0 Å². The number of carboxylic acids is 1. The number of morpholine rings is 1. The molecule has 0 bridgehead atoms. The Balaban J connectivity index is 1.86. The maximum Gasteiger partial charge on any atom is 0.334 e. The second kappa shape index (κ2) is 5.17. The molecule has 6 nitrogen and oxygen atoms in total. The second-order valence-electron chi connectivity index (χ2n) is 4.83. The molecule has 1 saturated heterocycles. The third-order valence-electron chi connectivity index (χ3n) is 3.47. The molecular weight excluding hydrogens is 279 g/mol. The lowest BCUT2D eigenvalue weighted by Gasteiger charge is -2.30. The first-order chi connectivity index (χ1) is 10.1. The molecule has 1 atom stereocenters. The summed E-state index contributed by atoms with van der Waals surface area (Å²) < 4.78 is 18.7. The fourth-order valence-electron chi connectivity index (χ4n) is 2.39. The average Bonchev–Trinajstić information content (AvgIpc) is 2.92. The van der Waals surface area contributed by atoms with Crippen LogP contribution in [0.5, 0.6) is 0 Å². The van der Waals surface area contributed by atoms with Gasteiger partial charge in [-0.15, -0.1) is 0 Å². The molecule has 7 heteroatoms. The van der Waals surface area contributed by atoms with Crippen molar-refractivity contribution in [3.63, 3.8) is 0 Å². The number of H-pyrrole nitrogens is 1. The van der Waals surface area contributed by atoms with Crippen LogP contribution in [0.1, 0.15) is 10.5 Å². The molecule has 21 heavy (non-hydrogen) atoms. The average molecular weight is 292 g/mol. The summed E-state index contributed by atoms with van der Waals surface area (Å²) in [5.41, 5.74) is 0.766. The number of halogens is 1. The lowest BCUT2D eigenvalue weighted by Crippen LogP contribution is -2.48. The number of aromatic nitrogens is 1. The van der Waals surface area contributed by atoms with Gasteiger partial charge in [-0.1, -0.05) is 6.07 Å². The first kappa shape index (κ1) is 13.6. The molecule has 1 fully saturated rings. The van der Waals surface area contributed by atoms with E-state index in [1.165, 1.54) is 17.0 Å². The summed E-state index contributed by atoms with van der Waals surface area (Å²) in [4.78, 5) is 27.5. The summed E-state index contributed by atoms with van der Waals surface area (Å²) in [6, 6.07) is 5.99. The molecule has 1 aromatic carbocycles. The molecule has 1 unspecified atom stereocenters. The number of amides is 1. The van der Waals surface area contributed by atoms with Gasteiger partial charge in [-0.3, -0.25) is 4.79 Å². The van der Waals surface area contributed by atoms with Crippen LogP contribution >= 0.6 is 0 Å². The van der Waals surface area contributed by atoms with Gasteiger partial charge in [0.25, 0.3) is 5.91 Å². The van der Waals surface area contributed by atoms with E-state index in [9.17, 15) is 14.0 Å². The number of carbonyl (C=O) groups is 2. The molecule has 1 aliphatic rings. The van der Waals surface area contributed by atoms with Crippen molar-refractivity contribution in [1.82, 2.24) is 9.88 Å². The molecule has 110 valence electrons. The maximum atomic E-state index is 13.6. The van der Waals surface area contributed by atoms with Crippen LogP contribution < -0.4 is 0 Å². The maximum absolute atomic E-state index is 13.6. The van der Waals surface area contributed by atoms with E-state index < -0.39 is 17.9 Å². The number of carbonyl (C=O) groups excluding carboxylic acids is 1. The molecule has 1 aliphatic heterocycles. The number of ether oxygens (including phenoxy) is 1. The van der Waals surface area contributed by atoms with E-state index in [-0.39, 0.29) is 24.8 Å². The fourth-order valence-corrected chi connectivity index (χ4v) is 2.39. The van der Waals surface area contributed by atoms with Crippen LogP contribution in [0.4, 0.5) is 4.39 Å². The predicted molar refractivity (Wildman–Crippen MR) is 71.5 cm³/mol. The van der Waals surface area contributed by atoms with E-state index in [4.69, 9.17) is 9.84 Å². The Hall–Kier alpha value is -2.41. The summed E-state index contributed by atoms with van der Waals surface area (Å²) in [5.74, 6) is -1.87. The number of hydrogen-bond acceptors (Lipinski definition) is 3. The SMILES string of the molecule is O=C(O)C1CN(C(=O)c2cc3c(F)cccc3[nH]2)CCO1. The highest BCUT2D eigenvalue weighted by Crippen LogP contribution is 2.20. The highest BCUT2D eigenvalue weighted by molar-refractivity contribution is 5.98. The van der Waals surface area contributed by atoms with Gasteiger partial charge in [0.15, 0.2) is 6.10 Å². The molecular formula is C14H13FN2O4. The molecule has 0 radical (unpaired) electrons. The summed E-state index contributed by atoms with van der Waals surface area (Å²) in [6.45, 7) is 0.448. The van der Waals surface area contributed by atoms with Crippen molar-refractivity contribution < 1.29 is 23.8 Å². The van der Waals surface area contributed by atoms with E-state index in [0.717, 1.165) is 0 Å². The Labute approximate surface area is 119 Å². The zero-order valence-corrected chi connectivity index (χ0v) is 11.0. The van der Waals surface area contributed by atoms with Gasteiger partial charge >= 0.3 is 5.97 Å². The molecule has 2 heterocycles. The molecule has 0 spiro atoms. The van der Waals surface area contributed by atoms with Crippen LogP contribution in [0.3, 0.4) is 0 Å². The molecule has 1 amide bonds. The Morgan fingerprint density at radius 1 is 1.43 bits per heavy atom. The molecule has 0 saturated carbocycles. The van der Waals surface area contributed by atoms with Crippen LogP contribution in [0.25, 0.3) is 10.9 Å². The standard InChI is InChI=1S/C14H13FN2O4/c15-9-2-1-3-10-8(9)6-11(16-10)13(18)17-4-5-21-12(7-17)14(19)20/h1-3,6,12,16H,4-5,7H2,(H,19,20). The Kier molecular flexibility index (Phi) is 3.34. The van der Waals surface area contributed by atoms with E-state index in [1.54, 1.807) is 12.1 Å². The minimum absolute atomic E-state index is 0.0218. The van der Waals surface area contributed by atoms with Gasteiger partial charge < -0.3 is 19.7 Å². The first-order valence-corrected chi connectivity index (χ1v) is 6.47. The van der Waals surface area contributed by atoms with Gasteiger partial charge in [-0.25, -0.2) is 9.18 Å². The summed E-state index contributed by atoms with van der Waals surface area (Å²) in [5, 5.41) is 9.28. The van der Waals surface area contributed by atoms with Crippen molar-refractivity contribution in [3.8, 4) is 0 Å². The van der Waals surface area contributed by atoms with Crippen molar-refractivity contribution in [2.24, 2.45) is 0 Å². The summed E-state index contributed by atoms with van der Waals surface area (Å²) in [7, 11) is 0. The normalized spacial score (nSPS) is 18.9. The number of hydrogen-bond donors (Lipinski definition) is 2. The van der Waals surface area contributed by atoms with Crippen molar-refractivity contribution in [1.29, 1.82) is 0 Å². The van der Waals surface area contributed by atoms with Crippen LogP contribution in [-0.2, 0) is 9.53 Å². The number of aliphatic carboxylic acids is 1. The number of benzene rings is 1. The number of carboxylic acid groups (broad SMARTS) is 1. The molecule has 2 N–H and O–H groups in total. The van der Waals surface area contributed by atoms with Crippen molar-refractivity contribution in [2.75, 3.05) is 19.7 Å².